The highest BCUT2D eigenvalue weighted by atomic mass is 32.1. The van der Waals surface area contributed by atoms with E-state index in [1.807, 2.05) is 5.38 Å². The Bertz CT molecular complexity index is 739. The normalized spacial score (nSPS) is 16.6. The Morgan fingerprint density at radius 2 is 1.92 bits per heavy atom. The number of carboxylic acids is 1. The molecule has 0 bridgehead atoms. The molecule has 1 aliphatic rings. The topological polar surface area (TPSA) is 66.8 Å². The quantitative estimate of drug-likeness (QED) is 0.921. The predicted octanol–water partition coefficient (Wildman–Crippen LogP) is 3.03. The molecule has 0 atom stereocenters. The number of benzene rings is 1. The predicted molar refractivity (Wildman–Crippen MR) is 86.9 cm³/mol. The summed E-state index contributed by atoms with van der Waals surface area (Å²) in [5.74, 6) is -1.96. The van der Waals surface area contributed by atoms with Crippen LogP contribution in [-0.2, 0) is 4.79 Å². The number of hydrogen-bond acceptors (Lipinski definition) is 4. The van der Waals surface area contributed by atoms with E-state index in [0.29, 0.717) is 5.56 Å². The molecule has 0 unspecified atom stereocenters. The van der Waals surface area contributed by atoms with Crippen molar-refractivity contribution >= 4 is 23.2 Å². The molecule has 0 radical (unpaired) electrons. The monoisotopic (exact) mass is 349 g/mol. The summed E-state index contributed by atoms with van der Waals surface area (Å²) in [5, 5.41) is 13.2. The second-order valence-corrected chi connectivity index (χ2v) is 6.42. The summed E-state index contributed by atoms with van der Waals surface area (Å²) in [6.07, 6.45) is 0.207. The number of halogens is 1. The molecule has 0 saturated carbocycles. The fourth-order valence-corrected chi connectivity index (χ4v) is 3.37. The number of carbonyl (C=O) groups is 2. The number of amides is 1. The van der Waals surface area contributed by atoms with Crippen LogP contribution in [0.15, 0.2) is 41.1 Å². The summed E-state index contributed by atoms with van der Waals surface area (Å²) < 4.78 is 19.3. The van der Waals surface area contributed by atoms with Crippen LogP contribution in [0.5, 0.6) is 5.75 Å². The largest absolute Gasteiger partial charge is 0.478 e. The Labute approximate surface area is 142 Å². The first kappa shape index (κ1) is 16.4. The molecule has 1 aliphatic heterocycles. The molecular weight excluding hydrogens is 333 g/mol. The fraction of sp³-hybridized carbons (Fsp3) is 0.294. The molecule has 1 fully saturated rings. The summed E-state index contributed by atoms with van der Waals surface area (Å²) in [7, 11) is 0. The van der Waals surface area contributed by atoms with Crippen molar-refractivity contribution in [1.82, 2.24) is 4.90 Å². The maximum atomic E-state index is 13.8. The van der Waals surface area contributed by atoms with Crippen molar-refractivity contribution in [2.45, 2.75) is 18.4 Å². The highest BCUT2D eigenvalue weighted by Crippen LogP contribution is 2.31. The fourth-order valence-electron chi connectivity index (χ4n) is 2.74. The van der Waals surface area contributed by atoms with Gasteiger partial charge in [0.05, 0.1) is 5.56 Å². The van der Waals surface area contributed by atoms with Gasteiger partial charge in [-0.2, -0.15) is 11.3 Å². The molecule has 1 aromatic heterocycles. The number of thiophene rings is 1. The first-order valence-corrected chi connectivity index (χ1v) is 8.44. The van der Waals surface area contributed by atoms with Crippen LogP contribution in [0.25, 0.3) is 0 Å². The van der Waals surface area contributed by atoms with Crippen LogP contribution in [-0.4, -0.2) is 40.6 Å². The van der Waals surface area contributed by atoms with E-state index in [0.717, 1.165) is 0 Å². The van der Waals surface area contributed by atoms with Crippen molar-refractivity contribution in [3.8, 4) is 5.75 Å². The van der Waals surface area contributed by atoms with Gasteiger partial charge in [-0.1, -0.05) is 12.1 Å². The minimum Gasteiger partial charge on any atom is -0.478 e. The number of aliphatic carboxylic acids is 1. The summed E-state index contributed by atoms with van der Waals surface area (Å²) >= 11 is 1.43. The molecule has 1 aromatic carbocycles. The van der Waals surface area contributed by atoms with Gasteiger partial charge in [0.25, 0.3) is 5.91 Å². The van der Waals surface area contributed by atoms with Gasteiger partial charge in [0.1, 0.15) is 0 Å². The highest BCUT2D eigenvalue weighted by molar-refractivity contribution is 7.08. The van der Waals surface area contributed by atoms with E-state index < -0.39 is 17.4 Å². The molecule has 0 spiro atoms. The lowest BCUT2D eigenvalue weighted by Crippen LogP contribution is -2.54. The minimum absolute atomic E-state index is 0.0856. The number of carboxylic acid groups (broad SMARTS) is 1. The molecule has 1 saturated heterocycles. The number of carbonyl (C=O) groups excluding carboxylic acids is 1. The average Bonchev–Trinajstić information content (AvgIpc) is 3.11. The molecule has 1 amide bonds. The first-order chi connectivity index (χ1) is 11.5. The van der Waals surface area contributed by atoms with Gasteiger partial charge < -0.3 is 14.7 Å². The zero-order valence-electron chi connectivity index (χ0n) is 12.8. The van der Waals surface area contributed by atoms with Crippen LogP contribution >= 0.6 is 11.3 Å². The van der Waals surface area contributed by atoms with Crippen LogP contribution in [0.1, 0.15) is 23.2 Å². The number of likely N-dealkylation sites (tertiary alicyclic amines) is 1. The SMILES string of the molecule is O=C(c1ccsc1)N1CCC(Oc2ccccc2F)(C(=O)O)CC1. The molecule has 7 heteroatoms. The van der Waals surface area contributed by atoms with Gasteiger partial charge in [-0.3, -0.25) is 4.79 Å². The van der Waals surface area contributed by atoms with Crippen molar-refractivity contribution in [3.63, 3.8) is 0 Å². The van der Waals surface area contributed by atoms with Gasteiger partial charge in [0, 0.05) is 31.3 Å². The number of ether oxygens (including phenoxy) is 1. The third-order valence-electron chi connectivity index (χ3n) is 4.16. The third kappa shape index (κ3) is 3.12. The molecule has 5 nitrogen and oxygen atoms in total. The van der Waals surface area contributed by atoms with Crippen LogP contribution in [0.2, 0.25) is 0 Å². The Balaban J connectivity index is 1.74. The van der Waals surface area contributed by atoms with Crippen molar-refractivity contribution in [3.05, 3.63) is 52.5 Å². The molecule has 1 N–H and O–H groups in total. The average molecular weight is 349 g/mol. The van der Waals surface area contributed by atoms with E-state index in [4.69, 9.17) is 4.74 Å². The van der Waals surface area contributed by atoms with E-state index in [1.54, 1.807) is 22.4 Å². The number of para-hydroxylation sites is 1. The molecule has 126 valence electrons. The smallest absolute Gasteiger partial charge is 0.348 e. The Kier molecular flexibility index (Phi) is 4.53. The number of piperidine rings is 1. The summed E-state index contributed by atoms with van der Waals surface area (Å²) in [6.45, 7) is 0.491. The van der Waals surface area contributed by atoms with Gasteiger partial charge in [0.2, 0.25) is 5.60 Å². The van der Waals surface area contributed by atoms with Crippen molar-refractivity contribution in [2.75, 3.05) is 13.1 Å². The van der Waals surface area contributed by atoms with Crippen LogP contribution < -0.4 is 4.74 Å². The lowest BCUT2D eigenvalue weighted by molar-refractivity contribution is -0.159. The lowest BCUT2D eigenvalue weighted by Gasteiger charge is -2.38. The minimum atomic E-state index is -1.52. The number of hydrogen-bond donors (Lipinski definition) is 1. The maximum Gasteiger partial charge on any atom is 0.348 e. The second-order valence-electron chi connectivity index (χ2n) is 5.64. The first-order valence-electron chi connectivity index (χ1n) is 7.50. The van der Waals surface area contributed by atoms with E-state index in [2.05, 4.69) is 0 Å². The molecule has 0 aliphatic carbocycles. The van der Waals surface area contributed by atoms with Crippen LogP contribution in [0.4, 0.5) is 4.39 Å². The number of nitrogens with zero attached hydrogens (tertiary/aromatic N) is 1. The molecule has 24 heavy (non-hydrogen) atoms. The summed E-state index contributed by atoms with van der Waals surface area (Å²) in [4.78, 5) is 25.7. The summed E-state index contributed by atoms with van der Waals surface area (Å²) in [5.41, 5.74) is -0.925. The third-order valence-corrected chi connectivity index (χ3v) is 4.84. The van der Waals surface area contributed by atoms with Gasteiger partial charge in [-0.15, -0.1) is 0 Å². The van der Waals surface area contributed by atoms with Crippen molar-refractivity contribution < 1.29 is 23.8 Å². The highest BCUT2D eigenvalue weighted by Gasteiger charge is 2.45. The molecule has 2 aromatic rings. The number of rotatable bonds is 4. The zero-order chi connectivity index (χ0) is 17.2. The van der Waals surface area contributed by atoms with E-state index >= 15 is 0 Å². The Hall–Kier alpha value is -2.41. The zero-order valence-corrected chi connectivity index (χ0v) is 13.6. The molecule has 3 rings (SSSR count). The Morgan fingerprint density at radius 3 is 2.50 bits per heavy atom. The van der Waals surface area contributed by atoms with E-state index in [-0.39, 0.29) is 37.6 Å². The van der Waals surface area contributed by atoms with Crippen LogP contribution in [0, 0.1) is 5.82 Å². The maximum absolute atomic E-state index is 13.8. The van der Waals surface area contributed by atoms with Crippen molar-refractivity contribution in [2.24, 2.45) is 0 Å². The van der Waals surface area contributed by atoms with Gasteiger partial charge in [-0.05, 0) is 23.6 Å². The second kappa shape index (κ2) is 6.60. The van der Waals surface area contributed by atoms with Crippen LogP contribution in [0.3, 0.4) is 0 Å². The van der Waals surface area contributed by atoms with E-state index in [1.165, 1.54) is 29.5 Å². The standard InChI is InChI=1S/C17H16FNO4S/c18-13-3-1-2-4-14(13)23-17(16(21)22)6-8-19(9-7-17)15(20)12-5-10-24-11-12/h1-5,10-11H,6-9H2,(H,21,22). The van der Waals surface area contributed by atoms with Crippen molar-refractivity contribution in [1.29, 1.82) is 0 Å². The van der Waals surface area contributed by atoms with Gasteiger partial charge in [0.15, 0.2) is 11.6 Å². The Morgan fingerprint density at radius 1 is 1.21 bits per heavy atom. The van der Waals surface area contributed by atoms with E-state index in [9.17, 15) is 19.1 Å². The van der Waals surface area contributed by atoms with Gasteiger partial charge in [-0.25, -0.2) is 9.18 Å². The molecule has 2 heterocycles. The lowest BCUT2D eigenvalue weighted by atomic mass is 9.90. The van der Waals surface area contributed by atoms with Gasteiger partial charge >= 0.3 is 5.97 Å². The summed E-state index contributed by atoms with van der Waals surface area (Å²) in [6, 6.07) is 7.46. The molecular formula is C17H16FNO4S.